The van der Waals surface area contributed by atoms with Crippen LogP contribution in [0, 0.1) is 17.0 Å². The van der Waals surface area contributed by atoms with Gasteiger partial charge in [0.15, 0.2) is 5.58 Å². The summed E-state index contributed by atoms with van der Waals surface area (Å²) in [6.07, 6.45) is 0. The molecule has 1 heterocycles. The molecule has 0 saturated carbocycles. The molecule has 0 radical (unpaired) electrons. The molecule has 0 spiro atoms. The number of nitro groups is 1. The Hall–Kier alpha value is -3.95. The number of rotatable bonds is 5. The number of nitrogens with zero attached hydrogens (tertiary/aromatic N) is 2. The number of esters is 1. The molecule has 0 saturated heterocycles. The summed E-state index contributed by atoms with van der Waals surface area (Å²) in [6.45, 7) is 1.32. The molecular formula is C18H15N3O7. The van der Waals surface area contributed by atoms with Gasteiger partial charge in [-0.3, -0.25) is 19.5 Å². The molecule has 1 aromatic heterocycles. The highest BCUT2D eigenvalue weighted by Gasteiger charge is 2.17. The second-order valence-corrected chi connectivity index (χ2v) is 5.93. The molecule has 0 bridgehead atoms. The fraction of sp³-hybridized carbons (Fsp3) is 0.167. The Bertz CT molecular complexity index is 1160. The van der Waals surface area contributed by atoms with E-state index in [9.17, 15) is 24.5 Å². The van der Waals surface area contributed by atoms with E-state index in [0.29, 0.717) is 11.1 Å². The molecular weight excluding hydrogens is 370 g/mol. The Morgan fingerprint density at radius 3 is 2.68 bits per heavy atom. The third-order valence-corrected chi connectivity index (χ3v) is 4.10. The van der Waals surface area contributed by atoms with Gasteiger partial charge in [-0.2, -0.15) is 0 Å². The van der Waals surface area contributed by atoms with Gasteiger partial charge in [-0.25, -0.2) is 9.59 Å². The lowest BCUT2D eigenvalue weighted by atomic mass is 10.2. The summed E-state index contributed by atoms with van der Waals surface area (Å²) >= 11 is 0. The van der Waals surface area contributed by atoms with Crippen LogP contribution in [0.25, 0.3) is 11.1 Å². The molecule has 0 fully saturated rings. The average molecular weight is 385 g/mol. The molecule has 1 N–H and O–H groups in total. The first-order valence-electron chi connectivity index (χ1n) is 8.06. The summed E-state index contributed by atoms with van der Waals surface area (Å²) in [4.78, 5) is 46.4. The number of hydrogen-bond donors (Lipinski definition) is 1. The molecule has 0 aliphatic rings. The number of fused-ring (bicyclic) bond motifs is 1. The molecule has 3 aromatic rings. The fourth-order valence-corrected chi connectivity index (χ4v) is 2.65. The number of nitro benzene ring substituents is 1. The van der Waals surface area contributed by atoms with E-state index in [4.69, 9.17) is 4.42 Å². The molecule has 0 aliphatic carbocycles. The van der Waals surface area contributed by atoms with Crippen molar-refractivity contribution >= 4 is 34.4 Å². The summed E-state index contributed by atoms with van der Waals surface area (Å²) in [5.74, 6) is -1.93. The summed E-state index contributed by atoms with van der Waals surface area (Å²) in [7, 11) is 1.23. The van der Waals surface area contributed by atoms with Crippen LogP contribution in [-0.2, 0) is 16.1 Å². The number of methoxy groups -OCH3 is 1. The van der Waals surface area contributed by atoms with Crippen LogP contribution in [0.5, 0.6) is 0 Å². The third-order valence-electron chi connectivity index (χ3n) is 4.10. The highest BCUT2D eigenvalue weighted by molar-refractivity contribution is 5.94. The average Bonchev–Trinajstić information content (AvgIpc) is 2.97. The van der Waals surface area contributed by atoms with E-state index in [-0.39, 0.29) is 29.1 Å². The number of aryl methyl sites for hydroxylation is 1. The zero-order valence-electron chi connectivity index (χ0n) is 14.9. The number of anilines is 1. The molecule has 0 atom stereocenters. The van der Waals surface area contributed by atoms with Gasteiger partial charge in [-0.15, -0.1) is 0 Å². The number of carbonyl (C=O) groups excluding carboxylic acids is 2. The highest BCUT2D eigenvalue weighted by Crippen LogP contribution is 2.22. The van der Waals surface area contributed by atoms with Gasteiger partial charge in [-0.05, 0) is 30.7 Å². The number of aromatic nitrogens is 1. The first kappa shape index (κ1) is 18.8. The topological polar surface area (TPSA) is 134 Å². The van der Waals surface area contributed by atoms with Crippen molar-refractivity contribution < 1.29 is 23.7 Å². The van der Waals surface area contributed by atoms with Gasteiger partial charge in [0, 0.05) is 12.1 Å². The zero-order valence-corrected chi connectivity index (χ0v) is 14.9. The normalized spacial score (nSPS) is 10.6. The Balaban J connectivity index is 1.87. The summed E-state index contributed by atoms with van der Waals surface area (Å²) in [5.41, 5.74) is 1.39. The maximum absolute atomic E-state index is 12.4. The smallest absolute Gasteiger partial charge is 0.420 e. The number of nitrogens with one attached hydrogen (secondary N) is 1. The maximum Gasteiger partial charge on any atom is 0.420 e. The number of hydrogen-bond acceptors (Lipinski definition) is 7. The van der Waals surface area contributed by atoms with Gasteiger partial charge < -0.3 is 14.5 Å². The largest absolute Gasteiger partial charge is 0.465 e. The lowest BCUT2D eigenvalue weighted by molar-refractivity contribution is -0.384. The predicted octanol–water partition coefficient (Wildman–Crippen LogP) is 2.24. The van der Waals surface area contributed by atoms with Crippen LogP contribution in [0.15, 0.2) is 45.6 Å². The van der Waals surface area contributed by atoms with Gasteiger partial charge in [0.05, 0.1) is 28.8 Å². The number of carbonyl (C=O) groups is 2. The van der Waals surface area contributed by atoms with Crippen molar-refractivity contribution in [1.29, 1.82) is 0 Å². The molecule has 2 aromatic carbocycles. The molecule has 0 aliphatic heterocycles. The van der Waals surface area contributed by atoms with Gasteiger partial charge in [-0.1, -0.05) is 6.07 Å². The van der Waals surface area contributed by atoms with Crippen molar-refractivity contribution in [3.05, 3.63) is 68.2 Å². The van der Waals surface area contributed by atoms with Gasteiger partial charge in [0.25, 0.3) is 5.69 Å². The van der Waals surface area contributed by atoms with Crippen molar-refractivity contribution in [2.24, 2.45) is 0 Å². The van der Waals surface area contributed by atoms with Gasteiger partial charge in [0.2, 0.25) is 5.91 Å². The van der Waals surface area contributed by atoms with E-state index in [1.54, 1.807) is 6.92 Å². The van der Waals surface area contributed by atoms with E-state index in [1.807, 2.05) is 0 Å². The third kappa shape index (κ3) is 3.61. The van der Waals surface area contributed by atoms with Crippen molar-refractivity contribution in [3.8, 4) is 0 Å². The first-order chi connectivity index (χ1) is 13.3. The summed E-state index contributed by atoms with van der Waals surface area (Å²) in [6, 6.07) is 8.36. The lowest BCUT2D eigenvalue weighted by Gasteiger charge is -2.08. The van der Waals surface area contributed by atoms with Crippen LogP contribution in [0.1, 0.15) is 15.9 Å². The summed E-state index contributed by atoms with van der Waals surface area (Å²) < 4.78 is 10.8. The van der Waals surface area contributed by atoms with E-state index in [0.717, 1.165) is 4.57 Å². The monoisotopic (exact) mass is 385 g/mol. The molecule has 144 valence electrons. The van der Waals surface area contributed by atoms with Crippen LogP contribution < -0.4 is 11.1 Å². The lowest BCUT2D eigenvalue weighted by Crippen LogP contribution is -2.25. The zero-order chi connectivity index (χ0) is 20.4. The van der Waals surface area contributed by atoms with Crippen LogP contribution in [0.4, 0.5) is 11.4 Å². The van der Waals surface area contributed by atoms with Crippen molar-refractivity contribution in [1.82, 2.24) is 4.57 Å². The van der Waals surface area contributed by atoms with Gasteiger partial charge >= 0.3 is 11.7 Å². The highest BCUT2D eigenvalue weighted by atomic mass is 16.6. The first-order valence-corrected chi connectivity index (χ1v) is 8.06. The van der Waals surface area contributed by atoms with E-state index >= 15 is 0 Å². The molecule has 1 amide bonds. The van der Waals surface area contributed by atoms with Crippen molar-refractivity contribution in [3.63, 3.8) is 0 Å². The second-order valence-electron chi connectivity index (χ2n) is 5.93. The molecule has 0 unspecified atom stereocenters. The second kappa shape index (κ2) is 7.35. The number of benzene rings is 2. The number of amides is 1. The minimum Gasteiger partial charge on any atom is -0.465 e. The Kier molecular flexibility index (Phi) is 4.94. The quantitative estimate of drug-likeness (QED) is 0.404. The Morgan fingerprint density at radius 1 is 1.25 bits per heavy atom. The van der Waals surface area contributed by atoms with Crippen LogP contribution in [-0.4, -0.2) is 28.5 Å². The molecule has 28 heavy (non-hydrogen) atoms. The number of ether oxygens (including phenoxy) is 1. The minimum absolute atomic E-state index is 0.132. The van der Waals surface area contributed by atoms with Crippen LogP contribution in [0.3, 0.4) is 0 Å². The molecule has 10 heteroatoms. The number of non-ortho nitro benzene ring substituents is 1. The minimum atomic E-state index is -0.775. The number of oxazole rings is 1. The van der Waals surface area contributed by atoms with Crippen molar-refractivity contribution in [2.75, 3.05) is 12.4 Å². The fourth-order valence-electron chi connectivity index (χ4n) is 2.65. The standard InChI is InChI=1S/C18H15N3O7/c1-10-3-5-12(21(25)26)8-13(10)19-16(22)9-20-14-6-4-11(17(23)27-2)7-15(14)28-18(20)24/h3-8H,9H2,1-2H3,(H,19,22). The van der Waals surface area contributed by atoms with Crippen molar-refractivity contribution in [2.45, 2.75) is 13.5 Å². The Labute approximate surface area is 157 Å². The predicted molar refractivity (Wildman–Crippen MR) is 98.3 cm³/mol. The van der Waals surface area contributed by atoms with E-state index < -0.39 is 22.6 Å². The van der Waals surface area contributed by atoms with Crippen LogP contribution >= 0.6 is 0 Å². The summed E-state index contributed by atoms with van der Waals surface area (Å²) in [5, 5.41) is 13.5. The SMILES string of the molecule is COC(=O)c1ccc2c(c1)oc(=O)n2CC(=O)Nc1cc([N+](=O)[O-])ccc1C. The Morgan fingerprint density at radius 2 is 2.00 bits per heavy atom. The van der Waals surface area contributed by atoms with Crippen LogP contribution in [0.2, 0.25) is 0 Å². The van der Waals surface area contributed by atoms with Gasteiger partial charge in [0.1, 0.15) is 6.54 Å². The maximum atomic E-state index is 12.4. The van der Waals surface area contributed by atoms with E-state index in [2.05, 4.69) is 10.1 Å². The van der Waals surface area contributed by atoms with E-state index in [1.165, 1.54) is 43.5 Å². The molecule has 3 rings (SSSR count). The molecule has 10 nitrogen and oxygen atoms in total.